The van der Waals surface area contributed by atoms with Crippen LogP contribution in [0.5, 0.6) is 5.75 Å². The monoisotopic (exact) mass is 409 g/mol. The van der Waals surface area contributed by atoms with Crippen molar-refractivity contribution in [2.45, 2.75) is 43.6 Å². The summed E-state index contributed by atoms with van der Waals surface area (Å²) in [6, 6.07) is 8.56. The zero-order valence-corrected chi connectivity index (χ0v) is 16.9. The van der Waals surface area contributed by atoms with Crippen LogP contribution in [-0.2, 0) is 7.05 Å². The first-order chi connectivity index (χ1) is 14.4. The van der Waals surface area contributed by atoms with Crippen molar-refractivity contribution in [2.24, 2.45) is 7.05 Å². The Labute approximate surface area is 173 Å². The molecule has 2 fully saturated rings. The molecule has 2 N–H and O–H groups in total. The molecule has 1 aromatic carbocycles. The standard InChI is InChI=1S/C22H24FN5O2/c1-27-8-7-12-9-19(29)15(11-14(12)22(27)30)16-5-6-20(26-25-16)28(2)18-10-13-3-4-17(24-13)21(18)23/h5-9,11,13,17-18,21,24,29H,3-4,10H2,1-2H3/t13?,17?,18-,21+/m0/s1. The van der Waals surface area contributed by atoms with Crippen molar-refractivity contribution in [3.63, 3.8) is 0 Å². The number of halogens is 1. The third-order valence-corrected chi connectivity index (χ3v) is 6.54. The lowest BCUT2D eigenvalue weighted by molar-refractivity contribution is 0.176. The van der Waals surface area contributed by atoms with Gasteiger partial charge in [0.2, 0.25) is 0 Å². The van der Waals surface area contributed by atoms with Crippen LogP contribution in [0, 0.1) is 0 Å². The maximum atomic E-state index is 14.9. The highest BCUT2D eigenvalue weighted by molar-refractivity contribution is 5.89. The summed E-state index contributed by atoms with van der Waals surface area (Å²) in [6.45, 7) is 0. The van der Waals surface area contributed by atoms with Gasteiger partial charge in [-0.3, -0.25) is 4.79 Å². The molecule has 7 nitrogen and oxygen atoms in total. The SMILES string of the molecule is CN(c1ccc(-c2cc3c(=O)n(C)ccc3cc2O)nn1)[C@H]1CC2CCC(N2)[C@H]1F. The minimum atomic E-state index is -0.948. The molecule has 2 unspecified atom stereocenters. The average molecular weight is 409 g/mol. The van der Waals surface area contributed by atoms with E-state index in [1.165, 1.54) is 4.57 Å². The van der Waals surface area contributed by atoms with Gasteiger partial charge in [-0.1, -0.05) is 0 Å². The molecule has 156 valence electrons. The molecule has 0 spiro atoms. The fourth-order valence-corrected chi connectivity index (χ4v) is 4.76. The highest BCUT2D eigenvalue weighted by Gasteiger charge is 2.43. The van der Waals surface area contributed by atoms with Crippen LogP contribution in [0.1, 0.15) is 19.3 Å². The fourth-order valence-electron chi connectivity index (χ4n) is 4.76. The largest absolute Gasteiger partial charge is 0.507 e. The summed E-state index contributed by atoms with van der Waals surface area (Å²) >= 11 is 0. The molecule has 5 rings (SSSR count). The predicted molar refractivity (Wildman–Crippen MR) is 114 cm³/mol. The molecule has 0 amide bonds. The fraction of sp³-hybridized carbons (Fsp3) is 0.409. The number of piperidine rings is 1. The van der Waals surface area contributed by atoms with E-state index in [-0.39, 0.29) is 23.4 Å². The van der Waals surface area contributed by atoms with Gasteiger partial charge in [-0.05, 0) is 55.0 Å². The number of phenolic OH excluding ortho intramolecular Hbond substituents is 1. The van der Waals surface area contributed by atoms with Gasteiger partial charge in [0.25, 0.3) is 5.56 Å². The van der Waals surface area contributed by atoms with Crippen molar-refractivity contribution in [1.82, 2.24) is 20.1 Å². The number of aromatic nitrogens is 3. The van der Waals surface area contributed by atoms with Gasteiger partial charge in [-0.15, -0.1) is 10.2 Å². The molecule has 8 heteroatoms. The topological polar surface area (TPSA) is 83.3 Å². The Morgan fingerprint density at radius 3 is 2.83 bits per heavy atom. The van der Waals surface area contributed by atoms with E-state index in [0.717, 1.165) is 19.3 Å². The summed E-state index contributed by atoms with van der Waals surface area (Å²) in [7, 11) is 3.53. The van der Waals surface area contributed by atoms with E-state index in [1.807, 2.05) is 11.9 Å². The molecule has 2 aromatic heterocycles. The van der Waals surface area contributed by atoms with Gasteiger partial charge >= 0.3 is 0 Å². The Balaban J connectivity index is 1.46. The zero-order valence-electron chi connectivity index (χ0n) is 16.9. The number of benzene rings is 1. The van der Waals surface area contributed by atoms with Gasteiger partial charge < -0.3 is 19.9 Å². The Bertz CT molecular complexity index is 1160. The predicted octanol–water partition coefficient (Wildman–Crippen LogP) is 2.37. The highest BCUT2D eigenvalue weighted by atomic mass is 19.1. The first-order valence-corrected chi connectivity index (χ1v) is 10.2. The first kappa shape index (κ1) is 19.0. The average Bonchev–Trinajstić information content (AvgIpc) is 3.16. The highest BCUT2D eigenvalue weighted by Crippen LogP contribution is 2.34. The number of anilines is 1. The first-order valence-electron chi connectivity index (χ1n) is 10.2. The van der Waals surface area contributed by atoms with Gasteiger partial charge in [-0.25, -0.2) is 4.39 Å². The molecule has 2 aliphatic heterocycles. The number of pyridine rings is 1. The summed E-state index contributed by atoms with van der Waals surface area (Å²) in [4.78, 5) is 14.3. The van der Waals surface area contributed by atoms with Crippen LogP contribution in [0.15, 0.2) is 41.3 Å². The van der Waals surface area contributed by atoms with Gasteiger partial charge in [0.05, 0.1) is 11.7 Å². The van der Waals surface area contributed by atoms with Crippen molar-refractivity contribution in [3.05, 3.63) is 46.9 Å². The maximum absolute atomic E-state index is 14.9. The van der Waals surface area contributed by atoms with E-state index in [1.54, 1.807) is 43.6 Å². The van der Waals surface area contributed by atoms with E-state index < -0.39 is 6.17 Å². The Morgan fingerprint density at radius 1 is 1.23 bits per heavy atom. The number of aromatic hydroxyl groups is 1. The maximum Gasteiger partial charge on any atom is 0.258 e. The van der Waals surface area contributed by atoms with Crippen molar-refractivity contribution < 1.29 is 9.50 Å². The van der Waals surface area contributed by atoms with Crippen LogP contribution in [0.4, 0.5) is 10.2 Å². The van der Waals surface area contributed by atoms with Gasteiger partial charge in [-0.2, -0.15) is 0 Å². The summed E-state index contributed by atoms with van der Waals surface area (Å²) in [5, 5.41) is 23.5. The van der Waals surface area contributed by atoms with Crippen LogP contribution in [0.25, 0.3) is 22.0 Å². The second kappa shape index (κ2) is 7.05. The van der Waals surface area contributed by atoms with E-state index >= 15 is 0 Å². The van der Waals surface area contributed by atoms with Crippen LogP contribution >= 0.6 is 0 Å². The van der Waals surface area contributed by atoms with Gasteiger partial charge in [0.1, 0.15) is 11.9 Å². The van der Waals surface area contributed by atoms with Gasteiger partial charge in [0, 0.05) is 43.3 Å². The number of phenols is 1. The number of rotatable bonds is 3. The number of aryl methyl sites for hydroxylation is 1. The molecule has 3 aromatic rings. The number of nitrogens with zero attached hydrogens (tertiary/aromatic N) is 4. The molecular formula is C22H24FN5O2. The summed E-state index contributed by atoms with van der Waals surface area (Å²) in [5.74, 6) is 0.619. The zero-order chi connectivity index (χ0) is 21.0. The molecule has 30 heavy (non-hydrogen) atoms. The lowest BCUT2D eigenvalue weighted by Crippen LogP contribution is -2.55. The molecular weight excluding hydrogens is 385 g/mol. The number of hydrogen-bond acceptors (Lipinski definition) is 6. The quantitative estimate of drug-likeness (QED) is 0.691. The van der Waals surface area contributed by atoms with Gasteiger partial charge in [0.15, 0.2) is 5.82 Å². The Hall–Kier alpha value is -3.00. The second-order valence-corrected chi connectivity index (χ2v) is 8.37. The number of nitrogens with one attached hydrogen (secondary N) is 1. The molecule has 0 radical (unpaired) electrons. The smallest absolute Gasteiger partial charge is 0.258 e. The number of alkyl halides is 1. The number of fused-ring (bicyclic) bond motifs is 3. The lowest BCUT2D eigenvalue weighted by Gasteiger charge is -2.38. The molecule has 4 heterocycles. The third-order valence-electron chi connectivity index (χ3n) is 6.54. The van der Waals surface area contributed by atoms with E-state index in [9.17, 15) is 14.3 Å². The molecule has 2 bridgehead atoms. The number of hydrogen-bond donors (Lipinski definition) is 2. The normalized spacial score (nSPS) is 25.6. The lowest BCUT2D eigenvalue weighted by atomic mass is 9.96. The van der Waals surface area contributed by atoms with Crippen molar-refractivity contribution in [1.29, 1.82) is 0 Å². The summed E-state index contributed by atoms with van der Waals surface area (Å²) in [6.07, 6.45) is 3.35. The van der Waals surface area contributed by atoms with Crippen molar-refractivity contribution >= 4 is 16.6 Å². The minimum absolute atomic E-state index is 0.0323. The van der Waals surface area contributed by atoms with Crippen LogP contribution in [0.2, 0.25) is 0 Å². The molecule has 0 saturated carbocycles. The molecule has 2 aliphatic rings. The molecule has 2 saturated heterocycles. The Morgan fingerprint density at radius 2 is 2.07 bits per heavy atom. The van der Waals surface area contributed by atoms with E-state index in [0.29, 0.717) is 33.9 Å². The van der Waals surface area contributed by atoms with Crippen LogP contribution in [0.3, 0.4) is 0 Å². The van der Waals surface area contributed by atoms with E-state index in [2.05, 4.69) is 15.5 Å². The Kier molecular flexibility index (Phi) is 4.47. The van der Waals surface area contributed by atoms with Crippen LogP contribution in [-0.4, -0.2) is 51.2 Å². The van der Waals surface area contributed by atoms with Crippen LogP contribution < -0.4 is 15.8 Å². The van der Waals surface area contributed by atoms with E-state index in [4.69, 9.17) is 0 Å². The molecule has 4 atom stereocenters. The molecule has 0 aliphatic carbocycles. The minimum Gasteiger partial charge on any atom is -0.507 e. The van der Waals surface area contributed by atoms with Crippen molar-refractivity contribution in [3.8, 4) is 17.0 Å². The second-order valence-electron chi connectivity index (χ2n) is 8.37. The summed E-state index contributed by atoms with van der Waals surface area (Å²) < 4.78 is 16.4. The summed E-state index contributed by atoms with van der Waals surface area (Å²) in [5.41, 5.74) is 0.753. The third kappa shape index (κ3) is 3.02. The van der Waals surface area contributed by atoms with Crippen molar-refractivity contribution in [2.75, 3.05) is 11.9 Å².